The summed E-state index contributed by atoms with van der Waals surface area (Å²) in [7, 11) is 1.66. The molecule has 1 atom stereocenters. The van der Waals surface area contributed by atoms with Crippen molar-refractivity contribution in [2.45, 2.75) is 38.7 Å². The van der Waals surface area contributed by atoms with E-state index in [1.54, 1.807) is 7.11 Å². The lowest BCUT2D eigenvalue weighted by atomic mass is 10.1. The molecule has 0 amide bonds. The first-order valence-corrected chi connectivity index (χ1v) is 4.56. The normalized spacial score (nSPS) is 12.9. The van der Waals surface area contributed by atoms with Crippen LogP contribution in [0.1, 0.15) is 32.6 Å². The molecule has 0 saturated heterocycles. The molecule has 0 radical (unpaired) electrons. The first kappa shape index (κ1) is 11.6. The molecule has 0 aromatic rings. The molecule has 0 aliphatic carbocycles. The van der Waals surface area contributed by atoms with Crippen molar-refractivity contribution in [3.05, 3.63) is 0 Å². The molecule has 0 bridgehead atoms. The number of hydrogen-bond acceptors (Lipinski definition) is 3. The molecular formula is C9H20N2O. The summed E-state index contributed by atoms with van der Waals surface area (Å²) in [6.07, 6.45) is 3.74. The highest BCUT2D eigenvalue weighted by molar-refractivity contribution is 5.85. The van der Waals surface area contributed by atoms with Crippen LogP contribution in [-0.4, -0.2) is 25.5 Å². The van der Waals surface area contributed by atoms with Gasteiger partial charge in [-0.3, -0.25) is 0 Å². The van der Waals surface area contributed by atoms with Crippen LogP contribution in [0.25, 0.3) is 0 Å². The first-order chi connectivity index (χ1) is 5.76. The van der Waals surface area contributed by atoms with Crippen molar-refractivity contribution in [3.8, 4) is 0 Å². The van der Waals surface area contributed by atoms with Crippen LogP contribution in [0.15, 0.2) is 0 Å². The lowest BCUT2D eigenvalue weighted by Gasteiger charge is -2.13. The predicted octanol–water partition coefficient (Wildman–Crippen LogP) is 1.56. The standard InChI is InChI=1S/C9H20N2O/c1-3-9(12-2)8(11)6-4-5-7-10/h9,11H,3-7,10H2,1-2H3/t9-/m0/s1. The number of rotatable bonds is 7. The molecule has 0 rings (SSSR count). The molecule has 0 saturated carbocycles. The van der Waals surface area contributed by atoms with Gasteiger partial charge in [0, 0.05) is 12.8 Å². The smallest absolute Gasteiger partial charge is 0.0942 e. The highest BCUT2D eigenvalue weighted by Crippen LogP contribution is 2.05. The highest BCUT2D eigenvalue weighted by atomic mass is 16.5. The van der Waals surface area contributed by atoms with E-state index < -0.39 is 0 Å². The Balaban J connectivity index is 3.54. The van der Waals surface area contributed by atoms with Crippen molar-refractivity contribution >= 4 is 5.71 Å². The van der Waals surface area contributed by atoms with Gasteiger partial charge in [0.05, 0.1) is 6.10 Å². The third kappa shape index (κ3) is 4.46. The summed E-state index contributed by atoms with van der Waals surface area (Å²) in [5.41, 5.74) is 6.06. The summed E-state index contributed by atoms with van der Waals surface area (Å²) in [5.74, 6) is 0. The number of nitrogens with two attached hydrogens (primary N) is 1. The zero-order chi connectivity index (χ0) is 9.40. The van der Waals surface area contributed by atoms with Crippen molar-refractivity contribution in [1.82, 2.24) is 0 Å². The fraction of sp³-hybridized carbons (Fsp3) is 0.889. The van der Waals surface area contributed by atoms with Gasteiger partial charge in [-0.15, -0.1) is 0 Å². The van der Waals surface area contributed by atoms with Crippen molar-refractivity contribution in [1.29, 1.82) is 5.41 Å². The summed E-state index contributed by atoms with van der Waals surface area (Å²) in [6.45, 7) is 2.75. The van der Waals surface area contributed by atoms with Gasteiger partial charge in [-0.05, 0) is 32.2 Å². The molecule has 3 N–H and O–H groups in total. The minimum Gasteiger partial charge on any atom is -0.376 e. The number of nitrogens with one attached hydrogen (secondary N) is 1. The molecule has 0 aliphatic heterocycles. The van der Waals surface area contributed by atoms with Crippen LogP contribution in [-0.2, 0) is 4.74 Å². The quantitative estimate of drug-likeness (QED) is 0.452. The minimum absolute atomic E-state index is 0.0165. The lowest BCUT2D eigenvalue weighted by molar-refractivity contribution is 0.150. The van der Waals surface area contributed by atoms with Crippen molar-refractivity contribution < 1.29 is 4.74 Å². The van der Waals surface area contributed by atoms with Gasteiger partial charge >= 0.3 is 0 Å². The molecule has 72 valence electrons. The number of unbranched alkanes of at least 4 members (excludes halogenated alkanes) is 1. The zero-order valence-electron chi connectivity index (χ0n) is 8.10. The van der Waals surface area contributed by atoms with Crippen LogP contribution < -0.4 is 5.73 Å². The maximum atomic E-state index is 7.66. The molecule has 0 aromatic heterocycles. The van der Waals surface area contributed by atoms with Crippen LogP contribution in [0.5, 0.6) is 0 Å². The first-order valence-electron chi connectivity index (χ1n) is 4.56. The van der Waals surface area contributed by atoms with E-state index in [1.807, 2.05) is 6.92 Å². The van der Waals surface area contributed by atoms with Crippen LogP contribution in [0.2, 0.25) is 0 Å². The SMILES string of the molecule is CC[C@H](OC)C(=N)CCCCN. The van der Waals surface area contributed by atoms with Gasteiger partial charge < -0.3 is 15.9 Å². The monoisotopic (exact) mass is 172 g/mol. The van der Waals surface area contributed by atoms with E-state index in [-0.39, 0.29) is 6.10 Å². The summed E-state index contributed by atoms with van der Waals surface area (Å²) in [4.78, 5) is 0. The third-order valence-corrected chi connectivity index (χ3v) is 1.94. The molecule has 0 heterocycles. The van der Waals surface area contributed by atoms with Crippen LogP contribution >= 0.6 is 0 Å². The van der Waals surface area contributed by atoms with Gasteiger partial charge in [0.1, 0.15) is 0 Å². The maximum absolute atomic E-state index is 7.66. The molecule has 0 aliphatic rings. The summed E-state index contributed by atoms with van der Waals surface area (Å²) < 4.78 is 5.14. The molecule has 3 heteroatoms. The largest absolute Gasteiger partial charge is 0.376 e. The van der Waals surface area contributed by atoms with Crippen molar-refractivity contribution in [2.24, 2.45) is 5.73 Å². The van der Waals surface area contributed by atoms with Gasteiger partial charge in [0.25, 0.3) is 0 Å². The average molecular weight is 172 g/mol. The van der Waals surface area contributed by atoms with E-state index in [4.69, 9.17) is 15.9 Å². The second-order valence-corrected chi connectivity index (χ2v) is 2.90. The number of hydrogen-bond donors (Lipinski definition) is 2. The number of ether oxygens (including phenoxy) is 1. The van der Waals surface area contributed by atoms with Crippen molar-refractivity contribution in [3.63, 3.8) is 0 Å². The zero-order valence-corrected chi connectivity index (χ0v) is 8.10. The van der Waals surface area contributed by atoms with Gasteiger partial charge in [-0.25, -0.2) is 0 Å². The Kier molecular flexibility index (Phi) is 7.00. The molecule has 0 aromatic carbocycles. The van der Waals surface area contributed by atoms with E-state index in [2.05, 4.69) is 0 Å². The van der Waals surface area contributed by atoms with Gasteiger partial charge in [0.2, 0.25) is 0 Å². The predicted molar refractivity (Wildman–Crippen MR) is 51.7 cm³/mol. The average Bonchev–Trinajstić information content (AvgIpc) is 2.07. The lowest BCUT2D eigenvalue weighted by Crippen LogP contribution is -2.21. The summed E-state index contributed by atoms with van der Waals surface area (Å²) in [5, 5.41) is 7.66. The summed E-state index contributed by atoms with van der Waals surface area (Å²) in [6, 6.07) is 0. The maximum Gasteiger partial charge on any atom is 0.0942 e. The second-order valence-electron chi connectivity index (χ2n) is 2.90. The van der Waals surface area contributed by atoms with Crippen LogP contribution in [0, 0.1) is 5.41 Å². The van der Waals surface area contributed by atoms with Gasteiger partial charge in [-0.2, -0.15) is 0 Å². The van der Waals surface area contributed by atoms with Crippen molar-refractivity contribution in [2.75, 3.05) is 13.7 Å². The van der Waals surface area contributed by atoms with E-state index >= 15 is 0 Å². The fourth-order valence-electron chi connectivity index (χ4n) is 1.18. The Bertz CT molecular complexity index is 122. The van der Waals surface area contributed by atoms with E-state index in [0.29, 0.717) is 5.71 Å². The Morgan fingerprint density at radius 1 is 1.50 bits per heavy atom. The molecule has 3 nitrogen and oxygen atoms in total. The Labute approximate surface area is 74.8 Å². The molecular weight excluding hydrogens is 152 g/mol. The Hall–Kier alpha value is -0.410. The number of methoxy groups -OCH3 is 1. The van der Waals surface area contributed by atoms with E-state index in [1.165, 1.54) is 0 Å². The second kappa shape index (κ2) is 7.25. The molecule has 0 spiro atoms. The summed E-state index contributed by atoms with van der Waals surface area (Å²) >= 11 is 0. The molecule has 0 fully saturated rings. The van der Waals surface area contributed by atoms with E-state index in [9.17, 15) is 0 Å². The van der Waals surface area contributed by atoms with Gasteiger partial charge in [0.15, 0.2) is 0 Å². The van der Waals surface area contributed by atoms with Crippen LogP contribution in [0.3, 0.4) is 0 Å². The molecule has 0 unspecified atom stereocenters. The molecule has 12 heavy (non-hydrogen) atoms. The fourth-order valence-corrected chi connectivity index (χ4v) is 1.18. The minimum atomic E-state index is 0.0165. The highest BCUT2D eigenvalue weighted by Gasteiger charge is 2.09. The van der Waals surface area contributed by atoms with Crippen LogP contribution in [0.4, 0.5) is 0 Å². The van der Waals surface area contributed by atoms with Gasteiger partial charge in [-0.1, -0.05) is 6.92 Å². The Morgan fingerprint density at radius 2 is 2.17 bits per heavy atom. The van der Waals surface area contributed by atoms with E-state index in [0.717, 1.165) is 32.2 Å². The topological polar surface area (TPSA) is 59.1 Å². The third-order valence-electron chi connectivity index (χ3n) is 1.94. The Morgan fingerprint density at radius 3 is 2.58 bits per heavy atom.